The molecule has 118 valence electrons. The summed E-state index contributed by atoms with van der Waals surface area (Å²) < 4.78 is 0.894. The molecule has 4 rings (SSSR count). The number of hydrogen-bond donors (Lipinski definition) is 2. The lowest BCUT2D eigenvalue weighted by Gasteiger charge is -2.08. The van der Waals surface area contributed by atoms with Crippen LogP contribution in [0.15, 0.2) is 28.1 Å². The summed E-state index contributed by atoms with van der Waals surface area (Å²) in [7, 11) is 0. The highest BCUT2D eigenvalue weighted by molar-refractivity contribution is 9.10. The summed E-state index contributed by atoms with van der Waals surface area (Å²) in [4.78, 5) is 18.0. The van der Waals surface area contributed by atoms with Crippen molar-refractivity contribution in [2.45, 2.75) is 25.7 Å². The first kappa shape index (κ1) is 14.8. The fourth-order valence-electron chi connectivity index (χ4n) is 3.01. The van der Waals surface area contributed by atoms with Crippen molar-refractivity contribution < 1.29 is 4.79 Å². The second kappa shape index (κ2) is 6.05. The van der Waals surface area contributed by atoms with Crippen molar-refractivity contribution >= 4 is 50.0 Å². The van der Waals surface area contributed by atoms with Gasteiger partial charge in [0, 0.05) is 10.4 Å². The standard InChI is InChI=1S/C16H15BrN4OS/c17-11-8-10-14(18-13(11)12-6-3-7-23-12)20-21-15(10)19-16(22)9-4-1-2-5-9/h3,6-9H,1-2,4-5H2,(H2,18,19,20,21,22). The van der Waals surface area contributed by atoms with Crippen LogP contribution in [0, 0.1) is 5.92 Å². The Morgan fingerprint density at radius 1 is 1.39 bits per heavy atom. The van der Waals surface area contributed by atoms with Crippen LogP contribution in [0.3, 0.4) is 0 Å². The molecule has 1 amide bonds. The molecule has 3 heterocycles. The predicted molar refractivity (Wildman–Crippen MR) is 95.5 cm³/mol. The number of fused-ring (bicyclic) bond motifs is 1. The number of nitrogens with zero attached hydrogens (tertiary/aromatic N) is 2. The topological polar surface area (TPSA) is 70.7 Å². The van der Waals surface area contributed by atoms with Crippen molar-refractivity contribution in [3.63, 3.8) is 0 Å². The third-order valence-corrected chi connectivity index (χ3v) is 5.71. The van der Waals surface area contributed by atoms with E-state index in [1.54, 1.807) is 11.3 Å². The lowest BCUT2D eigenvalue weighted by atomic mass is 10.1. The van der Waals surface area contributed by atoms with Gasteiger partial charge in [0.25, 0.3) is 0 Å². The number of rotatable bonds is 3. The number of thiophene rings is 1. The van der Waals surface area contributed by atoms with Crippen LogP contribution in [-0.2, 0) is 4.79 Å². The molecule has 0 radical (unpaired) electrons. The lowest BCUT2D eigenvalue weighted by molar-refractivity contribution is -0.119. The van der Waals surface area contributed by atoms with Crippen LogP contribution < -0.4 is 5.32 Å². The maximum Gasteiger partial charge on any atom is 0.228 e. The molecule has 0 unspecified atom stereocenters. The van der Waals surface area contributed by atoms with Crippen LogP contribution in [0.4, 0.5) is 5.82 Å². The van der Waals surface area contributed by atoms with E-state index in [0.29, 0.717) is 11.5 Å². The average Bonchev–Trinajstić information content (AvgIpc) is 3.29. The van der Waals surface area contributed by atoms with Crippen molar-refractivity contribution in [3.05, 3.63) is 28.1 Å². The van der Waals surface area contributed by atoms with Gasteiger partial charge < -0.3 is 5.32 Å². The molecule has 7 heteroatoms. The highest BCUT2D eigenvalue weighted by atomic mass is 79.9. The number of carbonyl (C=O) groups is 1. The van der Waals surface area contributed by atoms with Gasteiger partial charge in [0.05, 0.1) is 16.0 Å². The van der Waals surface area contributed by atoms with Gasteiger partial charge in [-0.25, -0.2) is 4.98 Å². The van der Waals surface area contributed by atoms with Crippen LogP contribution in [0.25, 0.3) is 21.6 Å². The van der Waals surface area contributed by atoms with E-state index in [9.17, 15) is 4.79 Å². The molecule has 1 saturated carbocycles. The summed E-state index contributed by atoms with van der Waals surface area (Å²) in [6.45, 7) is 0. The summed E-state index contributed by atoms with van der Waals surface area (Å²) in [6.07, 6.45) is 4.21. The molecule has 1 aliphatic carbocycles. The minimum Gasteiger partial charge on any atom is -0.308 e. The number of nitrogens with one attached hydrogen (secondary N) is 2. The number of carbonyl (C=O) groups excluding carboxylic acids is 1. The first-order valence-corrected chi connectivity index (χ1v) is 9.29. The molecule has 0 atom stereocenters. The third kappa shape index (κ3) is 2.79. The van der Waals surface area contributed by atoms with Gasteiger partial charge in [0.15, 0.2) is 11.5 Å². The average molecular weight is 391 g/mol. The molecule has 3 aromatic rings. The fraction of sp³-hybridized carbons (Fsp3) is 0.312. The molecule has 23 heavy (non-hydrogen) atoms. The van der Waals surface area contributed by atoms with Gasteiger partial charge in [0.2, 0.25) is 5.91 Å². The second-order valence-corrected chi connectivity index (χ2v) is 7.54. The highest BCUT2D eigenvalue weighted by Crippen LogP contribution is 2.34. The van der Waals surface area contributed by atoms with Gasteiger partial charge >= 0.3 is 0 Å². The predicted octanol–water partition coefficient (Wildman–Crippen LogP) is 4.58. The van der Waals surface area contributed by atoms with E-state index >= 15 is 0 Å². The Morgan fingerprint density at radius 3 is 2.96 bits per heavy atom. The minimum atomic E-state index is 0.0642. The van der Waals surface area contributed by atoms with Gasteiger partial charge in [0.1, 0.15) is 0 Å². The van der Waals surface area contributed by atoms with Gasteiger partial charge in [-0.2, -0.15) is 5.10 Å². The quantitative estimate of drug-likeness (QED) is 0.687. The van der Waals surface area contributed by atoms with E-state index in [1.165, 1.54) is 0 Å². The molecule has 1 aliphatic rings. The summed E-state index contributed by atoms with van der Waals surface area (Å²) in [5.74, 6) is 0.737. The Hall–Kier alpha value is -1.73. The molecule has 1 fully saturated rings. The van der Waals surface area contributed by atoms with Crippen LogP contribution in [-0.4, -0.2) is 21.1 Å². The molecule has 0 aliphatic heterocycles. The zero-order chi connectivity index (χ0) is 15.8. The van der Waals surface area contributed by atoms with Crippen LogP contribution in [0.5, 0.6) is 0 Å². The van der Waals surface area contributed by atoms with Crippen LogP contribution >= 0.6 is 27.3 Å². The zero-order valence-electron chi connectivity index (χ0n) is 12.3. The zero-order valence-corrected chi connectivity index (χ0v) is 14.7. The summed E-state index contributed by atoms with van der Waals surface area (Å²) in [5, 5.41) is 12.9. The number of aromatic amines is 1. The first-order valence-electron chi connectivity index (χ1n) is 7.62. The Labute approximate surface area is 145 Å². The van der Waals surface area contributed by atoms with E-state index in [2.05, 4.69) is 36.4 Å². The van der Waals surface area contributed by atoms with Gasteiger partial charge in [-0.15, -0.1) is 11.3 Å². The van der Waals surface area contributed by atoms with Crippen LogP contribution in [0.2, 0.25) is 0 Å². The fourth-order valence-corrected chi connectivity index (χ4v) is 4.40. The number of hydrogen-bond acceptors (Lipinski definition) is 4. The molecule has 0 aromatic carbocycles. The maximum absolute atomic E-state index is 12.3. The van der Waals surface area contributed by atoms with E-state index in [4.69, 9.17) is 0 Å². The maximum atomic E-state index is 12.3. The lowest BCUT2D eigenvalue weighted by Crippen LogP contribution is -2.20. The van der Waals surface area contributed by atoms with E-state index in [0.717, 1.165) is 46.1 Å². The summed E-state index contributed by atoms with van der Waals surface area (Å²) >= 11 is 5.22. The molecule has 0 spiro atoms. The van der Waals surface area contributed by atoms with Gasteiger partial charge in [-0.3, -0.25) is 9.89 Å². The molecule has 2 N–H and O–H groups in total. The Balaban J connectivity index is 1.67. The van der Waals surface area contributed by atoms with Gasteiger partial charge in [-0.1, -0.05) is 18.9 Å². The normalized spacial score (nSPS) is 15.3. The van der Waals surface area contributed by atoms with Crippen molar-refractivity contribution in [1.29, 1.82) is 0 Å². The minimum absolute atomic E-state index is 0.0642. The molecule has 3 aromatic heterocycles. The number of amides is 1. The second-order valence-electron chi connectivity index (χ2n) is 5.74. The SMILES string of the molecule is O=C(Nc1n[nH]c2nc(-c3cccs3)c(Br)cc12)C1CCCC1. The molecule has 5 nitrogen and oxygen atoms in total. The number of halogens is 1. The monoisotopic (exact) mass is 390 g/mol. The van der Waals surface area contributed by atoms with Crippen molar-refractivity contribution in [1.82, 2.24) is 15.2 Å². The third-order valence-electron chi connectivity index (χ3n) is 4.23. The number of H-pyrrole nitrogens is 1. The van der Waals surface area contributed by atoms with E-state index in [1.807, 2.05) is 23.6 Å². The summed E-state index contributed by atoms with van der Waals surface area (Å²) in [6, 6.07) is 5.99. The molecule has 0 saturated heterocycles. The number of pyridine rings is 1. The largest absolute Gasteiger partial charge is 0.308 e. The Kier molecular flexibility index (Phi) is 3.90. The van der Waals surface area contributed by atoms with Crippen LogP contribution in [0.1, 0.15) is 25.7 Å². The highest BCUT2D eigenvalue weighted by Gasteiger charge is 2.24. The Morgan fingerprint density at radius 2 is 2.22 bits per heavy atom. The number of aromatic nitrogens is 3. The summed E-state index contributed by atoms with van der Waals surface area (Å²) in [5.41, 5.74) is 1.56. The smallest absolute Gasteiger partial charge is 0.228 e. The van der Waals surface area contributed by atoms with Gasteiger partial charge in [-0.05, 0) is 46.3 Å². The van der Waals surface area contributed by atoms with Crippen molar-refractivity contribution in [2.75, 3.05) is 5.32 Å². The first-order chi connectivity index (χ1) is 11.2. The van der Waals surface area contributed by atoms with E-state index < -0.39 is 0 Å². The van der Waals surface area contributed by atoms with E-state index in [-0.39, 0.29) is 11.8 Å². The molecular weight excluding hydrogens is 376 g/mol. The van der Waals surface area contributed by atoms with Crippen molar-refractivity contribution in [3.8, 4) is 10.6 Å². The van der Waals surface area contributed by atoms with Crippen molar-refractivity contribution in [2.24, 2.45) is 5.92 Å². The Bertz CT molecular complexity index is 852. The molecular formula is C16H15BrN4OS. The number of anilines is 1. The molecule has 0 bridgehead atoms.